The molecule has 19 heavy (non-hydrogen) atoms. The number of rotatable bonds is 7. The third-order valence-electron chi connectivity index (χ3n) is 3.17. The largest absolute Gasteiger partial charge is 0.379 e. The van der Waals surface area contributed by atoms with Gasteiger partial charge in [-0.3, -0.25) is 0 Å². The molecule has 4 heteroatoms. The van der Waals surface area contributed by atoms with Crippen LogP contribution in [0.5, 0.6) is 0 Å². The molecule has 1 rings (SSSR count). The van der Waals surface area contributed by atoms with Gasteiger partial charge in [-0.15, -0.1) is 0 Å². The van der Waals surface area contributed by atoms with Gasteiger partial charge < -0.3 is 10.1 Å². The van der Waals surface area contributed by atoms with Gasteiger partial charge in [0.15, 0.2) is 0 Å². The zero-order valence-corrected chi connectivity index (χ0v) is 13.6. The van der Waals surface area contributed by atoms with Crippen LogP contribution >= 0.6 is 15.9 Å². The molecule has 0 bridgehead atoms. The second-order valence-corrected chi connectivity index (χ2v) is 5.96. The van der Waals surface area contributed by atoms with Crippen molar-refractivity contribution >= 4 is 15.9 Å². The third kappa shape index (κ3) is 4.55. The summed E-state index contributed by atoms with van der Waals surface area (Å²) in [5, 5.41) is 3.40. The molecular formula is C15H23BrFNO. The van der Waals surface area contributed by atoms with E-state index in [0.29, 0.717) is 11.5 Å². The molecule has 2 nitrogen and oxygen atoms in total. The summed E-state index contributed by atoms with van der Waals surface area (Å²) in [5.74, 6) is 0.109. The summed E-state index contributed by atoms with van der Waals surface area (Å²) in [4.78, 5) is 0. The van der Waals surface area contributed by atoms with Crippen molar-refractivity contribution in [2.45, 2.75) is 39.3 Å². The molecule has 0 amide bonds. The molecule has 2 atom stereocenters. The molecule has 0 heterocycles. The standard InChI is InChI=1S/C15H23BrFNO/c1-5-8-18-14(15(19-4)10(2)3)12-9-11(16)6-7-13(12)17/h6-7,9-10,14-15,18H,5,8H2,1-4H3. The Kier molecular flexibility index (Phi) is 6.97. The maximum Gasteiger partial charge on any atom is 0.128 e. The average molecular weight is 332 g/mol. The van der Waals surface area contributed by atoms with Crippen molar-refractivity contribution in [3.05, 3.63) is 34.1 Å². The summed E-state index contributed by atoms with van der Waals surface area (Å²) >= 11 is 3.41. The molecule has 0 saturated carbocycles. The lowest BCUT2D eigenvalue weighted by molar-refractivity contribution is 0.0316. The highest BCUT2D eigenvalue weighted by Crippen LogP contribution is 2.28. The maximum absolute atomic E-state index is 14.1. The van der Waals surface area contributed by atoms with Gasteiger partial charge in [0.25, 0.3) is 0 Å². The van der Waals surface area contributed by atoms with E-state index in [4.69, 9.17) is 4.74 Å². The molecule has 1 aromatic carbocycles. The second-order valence-electron chi connectivity index (χ2n) is 5.04. The normalized spacial score (nSPS) is 14.7. The number of halogens is 2. The van der Waals surface area contributed by atoms with Gasteiger partial charge in [-0.1, -0.05) is 36.7 Å². The zero-order valence-electron chi connectivity index (χ0n) is 12.0. The van der Waals surface area contributed by atoms with Gasteiger partial charge in [0.05, 0.1) is 12.1 Å². The first-order chi connectivity index (χ1) is 9.01. The van der Waals surface area contributed by atoms with Gasteiger partial charge in [0, 0.05) is 17.1 Å². The number of nitrogens with one attached hydrogen (secondary N) is 1. The van der Waals surface area contributed by atoms with E-state index in [1.54, 1.807) is 13.2 Å². The number of ether oxygens (including phenoxy) is 1. The fourth-order valence-corrected chi connectivity index (χ4v) is 2.63. The molecule has 2 unspecified atom stereocenters. The van der Waals surface area contributed by atoms with Gasteiger partial charge >= 0.3 is 0 Å². The lowest BCUT2D eigenvalue weighted by Gasteiger charge is -2.30. The minimum absolute atomic E-state index is 0.0599. The van der Waals surface area contributed by atoms with Crippen molar-refractivity contribution in [2.24, 2.45) is 5.92 Å². The molecule has 0 spiro atoms. The van der Waals surface area contributed by atoms with E-state index >= 15 is 0 Å². The van der Waals surface area contributed by atoms with Crippen LogP contribution in [0.15, 0.2) is 22.7 Å². The average Bonchev–Trinajstić information content (AvgIpc) is 2.37. The Hall–Kier alpha value is -0.450. The Bertz CT molecular complexity index is 398. The van der Waals surface area contributed by atoms with Crippen LogP contribution in [0.2, 0.25) is 0 Å². The topological polar surface area (TPSA) is 21.3 Å². The molecule has 0 aliphatic rings. The van der Waals surface area contributed by atoms with Gasteiger partial charge in [0.1, 0.15) is 5.82 Å². The fraction of sp³-hybridized carbons (Fsp3) is 0.600. The Balaban J connectivity index is 3.10. The van der Waals surface area contributed by atoms with Crippen LogP contribution < -0.4 is 5.32 Å². The first kappa shape index (κ1) is 16.6. The second kappa shape index (κ2) is 7.98. The van der Waals surface area contributed by atoms with Gasteiger partial charge in [-0.2, -0.15) is 0 Å². The molecule has 0 aliphatic heterocycles. The Labute approximate surface area is 123 Å². The van der Waals surface area contributed by atoms with Gasteiger partial charge in [-0.25, -0.2) is 4.39 Å². The van der Waals surface area contributed by atoms with Crippen molar-refractivity contribution in [2.75, 3.05) is 13.7 Å². The summed E-state index contributed by atoms with van der Waals surface area (Å²) in [6.07, 6.45) is 0.941. The minimum Gasteiger partial charge on any atom is -0.379 e. The van der Waals surface area contributed by atoms with E-state index in [9.17, 15) is 4.39 Å². The lowest BCUT2D eigenvalue weighted by Crippen LogP contribution is -2.37. The monoisotopic (exact) mass is 331 g/mol. The van der Waals surface area contributed by atoms with Crippen LogP contribution in [0.4, 0.5) is 4.39 Å². The molecule has 1 N–H and O–H groups in total. The molecule has 0 saturated heterocycles. The Morgan fingerprint density at radius 2 is 2.05 bits per heavy atom. The van der Waals surface area contributed by atoms with E-state index in [2.05, 4.69) is 42.0 Å². The van der Waals surface area contributed by atoms with Crippen molar-refractivity contribution in [3.63, 3.8) is 0 Å². The molecule has 108 valence electrons. The zero-order chi connectivity index (χ0) is 14.4. The summed E-state index contributed by atoms with van der Waals surface area (Å²) in [7, 11) is 1.68. The molecule has 0 aromatic heterocycles. The smallest absolute Gasteiger partial charge is 0.128 e. The molecule has 1 aromatic rings. The fourth-order valence-electron chi connectivity index (χ4n) is 2.25. The van der Waals surface area contributed by atoms with Crippen molar-refractivity contribution in [1.82, 2.24) is 5.32 Å². The van der Waals surface area contributed by atoms with Crippen LogP contribution in [0.1, 0.15) is 38.8 Å². The molecule has 0 radical (unpaired) electrons. The van der Waals surface area contributed by atoms with Gasteiger partial charge in [-0.05, 0) is 37.1 Å². The lowest BCUT2D eigenvalue weighted by atomic mass is 9.93. The Morgan fingerprint density at radius 1 is 1.37 bits per heavy atom. The first-order valence-corrected chi connectivity index (χ1v) is 7.51. The SMILES string of the molecule is CCCNC(c1cc(Br)ccc1F)C(OC)C(C)C. The maximum atomic E-state index is 14.1. The highest BCUT2D eigenvalue weighted by atomic mass is 79.9. The number of hydrogen-bond acceptors (Lipinski definition) is 2. The van der Waals surface area contributed by atoms with Gasteiger partial charge in [0.2, 0.25) is 0 Å². The Morgan fingerprint density at radius 3 is 2.58 bits per heavy atom. The molecule has 0 aliphatic carbocycles. The molecular weight excluding hydrogens is 309 g/mol. The van der Waals surface area contributed by atoms with Crippen LogP contribution in [0, 0.1) is 11.7 Å². The predicted octanol–water partition coefficient (Wildman–Crippen LogP) is 4.30. The highest BCUT2D eigenvalue weighted by Gasteiger charge is 2.27. The van der Waals surface area contributed by atoms with E-state index in [0.717, 1.165) is 17.4 Å². The van der Waals surface area contributed by atoms with E-state index in [1.807, 2.05) is 6.07 Å². The number of methoxy groups -OCH3 is 1. The third-order valence-corrected chi connectivity index (χ3v) is 3.66. The summed E-state index contributed by atoms with van der Waals surface area (Å²) in [5.41, 5.74) is 0.656. The van der Waals surface area contributed by atoms with E-state index in [1.165, 1.54) is 6.07 Å². The summed E-state index contributed by atoms with van der Waals surface area (Å²) in [6.45, 7) is 7.11. The van der Waals surface area contributed by atoms with Crippen molar-refractivity contribution < 1.29 is 9.13 Å². The minimum atomic E-state index is -0.195. The van der Waals surface area contributed by atoms with Crippen molar-refractivity contribution in [3.8, 4) is 0 Å². The summed E-state index contributed by atoms with van der Waals surface area (Å²) < 4.78 is 20.5. The highest BCUT2D eigenvalue weighted by molar-refractivity contribution is 9.10. The van der Waals surface area contributed by atoms with Crippen LogP contribution in [-0.2, 0) is 4.74 Å². The van der Waals surface area contributed by atoms with E-state index in [-0.39, 0.29) is 18.0 Å². The predicted molar refractivity (Wildman–Crippen MR) is 80.8 cm³/mol. The first-order valence-electron chi connectivity index (χ1n) is 6.72. The quantitative estimate of drug-likeness (QED) is 0.804. The summed E-state index contributed by atoms with van der Waals surface area (Å²) in [6, 6.07) is 4.90. The van der Waals surface area contributed by atoms with Crippen LogP contribution in [0.3, 0.4) is 0 Å². The van der Waals surface area contributed by atoms with E-state index < -0.39 is 0 Å². The van der Waals surface area contributed by atoms with Crippen LogP contribution in [0.25, 0.3) is 0 Å². The number of hydrogen-bond donors (Lipinski definition) is 1. The van der Waals surface area contributed by atoms with Crippen LogP contribution in [-0.4, -0.2) is 19.8 Å². The number of benzene rings is 1. The van der Waals surface area contributed by atoms with Crippen molar-refractivity contribution in [1.29, 1.82) is 0 Å². The molecule has 0 fully saturated rings.